The molecule has 0 atom stereocenters. The van der Waals surface area contributed by atoms with Gasteiger partial charge in [-0.15, -0.1) is 0 Å². The number of H-pyrrole nitrogens is 1. The van der Waals surface area contributed by atoms with Gasteiger partial charge in [-0.1, -0.05) is 0 Å². The molecule has 0 unspecified atom stereocenters. The van der Waals surface area contributed by atoms with Crippen molar-refractivity contribution in [2.75, 3.05) is 0 Å². The van der Waals surface area contributed by atoms with E-state index >= 15 is 0 Å². The largest absolute Gasteiger partial charge is 0.284 e. The zero-order chi connectivity index (χ0) is 6.91. The summed E-state index contributed by atoms with van der Waals surface area (Å²) >= 11 is 0. The summed E-state index contributed by atoms with van der Waals surface area (Å²) in [6.07, 6.45) is 1.39. The van der Waals surface area contributed by atoms with Crippen molar-refractivity contribution in [1.29, 1.82) is 0 Å². The van der Waals surface area contributed by atoms with E-state index in [0.717, 1.165) is 0 Å². The van der Waals surface area contributed by atoms with E-state index in [0.29, 0.717) is 0 Å². The van der Waals surface area contributed by atoms with E-state index in [1.165, 1.54) is 12.3 Å². The van der Waals surface area contributed by atoms with Crippen molar-refractivity contribution in [3.05, 3.63) is 12.3 Å². The fourth-order valence-corrected chi connectivity index (χ4v) is 0.843. The van der Waals surface area contributed by atoms with E-state index in [2.05, 4.69) is 10.2 Å². The van der Waals surface area contributed by atoms with Crippen LogP contribution in [0, 0.1) is 0 Å². The Morgan fingerprint density at radius 1 is 1.67 bits per heavy atom. The molecule has 9 heavy (non-hydrogen) atoms. The molecule has 0 fully saturated rings. The van der Waals surface area contributed by atoms with E-state index in [1.807, 2.05) is 0 Å². The van der Waals surface area contributed by atoms with E-state index < -0.39 is 10.0 Å². The zero-order valence-corrected chi connectivity index (χ0v) is 5.22. The molecular weight excluding hydrogens is 142 g/mol. The first-order valence-corrected chi connectivity index (χ1v) is 3.68. The van der Waals surface area contributed by atoms with Crippen LogP contribution in [0.5, 0.6) is 0 Å². The smallest absolute Gasteiger partial charge is 0.257 e. The highest BCUT2D eigenvalue weighted by Gasteiger charge is 2.07. The van der Waals surface area contributed by atoms with Crippen LogP contribution in [0.2, 0.25) is 0 Å². The molecule has 1 heterocycles. The van der Waals surface area contributed by atoms with Crippen molar-refractivity contribution < 1.29 is 8.42 Å². The molecule has 0 amide bonds. The predicted octanol–water partition coefficient (Wildman–Crippen LogP) is -0.943. The molecule has 0 radical (unpaired) electrons. The van der Waals surface area contributed by atoms with Crippen LogP contribution in [-0.2, 0) is 10.0 Å². The van der Waals surface area contributed by atoms with Gasteiger partial charge in [0.05, 0.1) is 0 Å². The first-order chi connectivity index (χ1) is 4.11. The van der Waals surface area contributed by atoms with E-state index in [1.54, 1.807) is 0 Å². The molecule has 3 N–H and O–H groups in total. The van der Waals surface area contributed by atoms with Gasteiger partial charge in [-0.05, 0) is 6.07 Å². The Hall–Kier alpha value is -0.880. The van der Waals surface area contributed by atoms with Crippen LogP contribution in [0.4, 0.5) is 0 Å². The summed E-state index contributed by atoms with van der Waals surface area (Å²) in [5.74, 6) is 0. The lowest BCUT2D eigenvalue weighted by Gasteiger charge is -1.85. The summed E-state index contributed by atoms with van der Waals surface area (Å²) in [7, 11) is -3.60. The standard InChI is InChI=1S/C3H5N3O2S/c4-9(7,8)3-1-2-5-6-3/h1-2H,(H,5,6)(H2,4,7,8). The maximum absolute atomic E-state index is 10.4. The number of aromatic amines is 1. The normalized spacial score (nSPS) is 11.7. The zero-order valence-electron chi connectivity index (χ0n) is 4.40. The lowest BCUT2D eigenvalue weighted by atomic mass is 10.8. The van der Waals surface area contributed by atoms with Gasteiger partial charge in [0.25, 0.3) is 10.0 Å². The number of sulfonamides is 1. The number of aromatic nitrogens is 2. The highest BCUT2D eigenvalue weighted by molar-refractivity contribution is 7.89. The Morgan fingerprint density at radius 2 is 2.33 bits per heavy atom. The average molecular weight is 147 g/mol. The minimum Gasteiger partial charge on any atom is -0.284 e. The third-order valence-corrected chi connectivity index (χ3v) is 1.58. The van der Waals surface area contributed by atoms with Crippen LogP contribution in [0.1, 0.15) is 0 Å². The number of primary sulfonamides is 1. The number of nitrogens with one attached hydrogen (secondary N) is 1. The number of rotatable bonds is 1. The van der Waals surface area contributed by atoms with Crippen molar-refractivity contribution in [2.24, 2.45) is 5.14 Å². The van der Waals surface area contributed by atoms with Gasteiger partial charge in [0.15, 0.2) is 5.03 Å². The Balaban J connectivity index is 3.20. The van der Waals surface area contributed by atoms with E-state index in [-0.39, 0.29) is 5.03 Å². The molecule has 1 rings (SSSR count). The highest BCUT2D eigenvalue weighted by Crippen LogP contribution is 1.96. The minimum atomic E-state index is -3.60. The maximum Gasteiger partial charge on any atom is 0.257 e. The molecule has 5 nitrogen and oxygen atoms in total. The van der Waals surface area contributed by atoms with Crippen LogP contribution in [0.15, 0.2) is 17.3 Å². The second-order valence-corrected chi connectivity index (χ2v) is 2.97. The third kappa shape index (κ3) is 1.27. The molecule has 6 heteroatoms. The quantitative estimate of drug-likeness (QED) is 0.537. The first kappa shape index (κ1) is 6.24. The van der Waals surface area contributed by atoms with Gasteiger partial charge in [-0.2, -0.15) is 5.10 Å². The molecule has 50 valence electrons. The van der Waals surface area contributed by atoms with Gasteiger partial charge in [0.2, 0.25) is 0 Å². The summed E-state index contributed by atoms with van der Waals surface area (Å²) in [5.41, 5.74) is 0. The fraction of sp³-hybridized carbons (Fsp3) is 0. The van der Waals surface area contributed by atoms with Crippen LogP contribution < -0.4 is 5.14 Å². The molecular formula is C3H5N3O2S. The molecule has 0 saturated heterocycles. The Kier molecular flexibility index (Phi) is 1.26. The SMILES string of the molecule is NS(=O)(=O)c1cc[nH]n1. The topological polar surface area (TPSA) is 88.8 Å². The Labute approximate surface area is 51.9 Å². The van der Waals surface area contributed by atoms with Crippen molar-refractivity contribution in [3.63, 3.8) is 0 Å². The summed E-state index contributed by atoms with van der Waals surface area (Å²) < 4.78 is 20.8. The molecule has 0 aliphatic carbocycles. The van der Waals surface area contributed by atoms with Crippen LogP contribution in [0.25, 0.3) is 0 Å². The van der Waals surface area contributed by atoms with Crippen LogP contribution >= 0.6 is 0 Å². The van der Waals surface area contributed by atoms with E-state index in [9.17, 15) is 8.42 Å². The number of hydrogen-bond donors (Lipinski definition) is 2. The number of nitrogens with zero attached hydrogens (tertiary/aromatic N) is 1. The second kappa shape index (κ2) is 1.82. The monoisotopic (exact) mass is 147 g/mol. The molecule has 0 aliphatic rings. The van der Waals surface area contributed by atoms with Crippen LogP contribution in [0.3, 0.4) is 0 Å². The second-order valence-electron chi connectivity index (χ2n) is 1.46. The number of hydrogen-bond acceptors (Lipinski definition) is 3. The van der Waals surface area contributed by atoms with Gasteiger partial charge in [0, 0.05) is 6.20 Å². The maximum atomic E-state index is 10.4. The fourth-order valence-electron chi connectivity index (χ4n) is 0.405. The van der Waals surface area contributed by atoms with Crippen molar-refractivity contribution in [3.8, 4) is 0 Å². The number of nitrogens with two attached hydrogens (primary N) is 1. The van der Waals surface area contributed by atoms with Gasteiger partial charge < -0.3 is 0 Å². The summed E-state index contributed by atoms with van der Waals surface area (Å²) in [6, 6.07) is 1.29. The molecule has 0 aromatic carbocycles. The van der Waals surface area contributed by atoms with Gasteiger partial charge in [-0.25, -0.2) is 13.6 Å². The summed E-state index contributed by atoms with van der Waals surface area (Å²) in [5, 5.41) is 10.2. The lowest BCUT2D eigenvalue weighted by Crippen LogP contribution is -2.12. The molecule has 0 saturated carbocycles. The lowest BCUT2D eigenvalue weighted by molar-refractivity contribution is 0.593. The van der Waals surface area contributed by atoms with Gasteiger partial charge in [0.1, 0.15) is 0 Å². The Bertz CT molecular complexity index is 274. The van der Waals surface area contributed by atoms with Crippen LogP contribution in [-0.4, -0.2) is 18.6 Å². The molecule has 0 aliphatic heterocycles. The van der Waals surface area contributed by atoms with E-state index in [4.69, 9.17) is 5.14 Å². The van der Waals surface area contributed by atoms with Gasteiger partial charge in [-0.3, -0.25) is 5.10 Å². The van der Waals surface area contributed by atoms with Crippen molar-refractivity contribution >= 4 is 10.0 Å². The predicted molar refractivity (Wildman–Crippen MR) is 30.0 cm³/mol. The summed E-state index contributed by atoms with van der Waals surface area (Å²) in [6.45, 7) is 0. The first-order valence-electron chi connectivity index (χ1n) is 2.13. The molecule has 0 spiro atoms. The average Bonchev–Trinajstić information content (AvgIpc) is 2.08. The molecule has 0 bridgehead atoms. The molecule has 1 aromatic rings. The molecule has 1 aromatic heterocycles. The van der Waals surface area contributed by atoms with Crippen molar-refractivity contribution in [2.45, 2.75) is 5.03 Å². The van der Waals surface area contributed by atoms with Crippen molar-refractivity contribution in [1.82, 2.24) is 10.2 Å². The Morgan fingerprint density at radius 3 is 2.56 bits per heavy atom. The highest BCUT2D eigenvalue weighted by atomic mass is 32.2. The minimum absolute atomic E-state index is 0.137. The third-order valence-electron chi connectivity index (χ3n) is 0.767. The van der Waals surface area contributed by atoms with Gasteiger partial charge >= 0.3 is 0 Å². The summed E-state index contributed by atoms with van der Waals surface area (Å²) in [4.78, 5) is 0.